The van der Waals surface area contributed by atoms with Crippen molar-refractivity contribution in [2.45, 2.75) is 19.3 Å². The molecule has 0 atom stereocenters. The van der Waals surface area contributed by atoms with Crippen molar-refractivity contribution >= 4 is 5.82 Å². The number of rotatable bonds is 3. The third-order valence-corrected chi connectivity index (χ3v) is 1.76. The minimum absolute atomic E-state index is 0.0776. The molecule has 0 amide bonds. The van der Waals surface area contributed by atoms with Crippen molar-refractivity contribution in [2.75, 3.05) is 5.73 Å². The Morgan fingerprint density at radius 2 is 1.94 bits per heavy atom. The van der Waals surface area contributed by atoms with Crippen molar-refractivity contribution in [3.05, 3.63) is 17.3 Å². The molecule has 0 radical (unpaired) electrons. The quantitative estimate of drug-likeness (QED) is 0.812. The lowest BCUT2D eigenvalue weighted by Crippen LogP contribution is -2.19. The third-order valence-electron chi connectivity index (χ3n) is 1.76. The van der Waals surface area contributed by atoms with Crippen molar-refractivity contribution in [1.29, 1.82) is 0 Å². The van der Waals surface area contributed by atoms with E-state index in [9.17, 15) is 22.0 Å². The molecular weight excluding hydrogens is 249 g/mol. The lowest BCUT2D eigenvalue weighted by atomic mass is 10.2. The van der Waals surface area contributed by atoms with Crippen LogP contribution >= 0.6 is 0 Å². The van der Waals surface area contributed by atoms with Crippen molar-refractivity contribution in [3.8, 4) is 5.75 Å². The fourth-order valence-corrected chi connectivity index (χ4v) is 1.14. The topological polar surface area (TPSA) is 74.2 Å². The summed E-state index contributed by atoms with van der Waals surface area (Å²) in [5.41, 5.74) is 9.08. The summed E-state index contributed by atoms with van der Waals surface area (Å²) in [6.45, 7) is -0.248. The monoisotopic (exact) mass is 257 g/mol. The number of anilines is 1. The van der Waals surface area contributed by atoms with Crippen LogP contribution in [0.2, 0.25) is 0 Å². The second-order valence-electron chi connectivity index (χ2n) is 2.96. The van der Waals surface area contributed by atoms with Gasteiger partial charge in [-0.1, -0.05) is 0 Å². The van der Waals surface area contributed by atoms with Gasteiger partial charge in [0.1, 0.15) is 17.1 Å². The summed E-state index contributed by atoms with van der Waals surface area (Å²) in [6, 6.07) is 0.686. The Hall–Kier alpha value is -1.64. The SMILES string of the molecule is NCc1cc(OC(F)(F)F)c(C(F)F)c(N)n1. The van der Waals surface area contributed by atoms with Gasteiger partial charge in [-0.15, -0.1) is 13.2 Å². The average molecular weight is 257 g/mol. The molecule has 0 bridgehead atoms. The van der Waals surface area contributed by atoms with Gasteiger partial charge in [0.2, 0.25) is 0 Å². The van der Waals surface area contributed by atoms with Gasteiger partial charge < -0.3 is 16.2 Å². The fraction of sp³-hybridized carbons (Fsp3) is 0.375. The molecule has 0 saturated heterocycles. The van der Waals surface area contributed by atoms with E-state index in [0.29, 0.717) is 6.07 Å². The van der Waals surface area contributed by atoms with Crippen LogP contribution in [0, 0.1) is 0 Å². The Labute approximate surface area is 92.4 Å². The number of nitrogen functional groups attached to an aromatic ring is 1. The van der Waals surface area contributed by atoms with Gasteiger partial charge in [-0.2, -0.15) is 0 Å². The Bertz CT molecular complexity index is 407. The first-order valence-corrected chi connectivity index (χ1v) is 4.28. The van der Waals surface area contributed by atoms with E-state index in [2.05, 4.69) is 9.72 Å². The molecule has 9 heteroatoms. The smallest absolute Gasteiger partial charge is 0.405 e. The molecule has 0 aromatic carbocycles. The Balaban J connectivity index is 3.27. The number of hydrogen-bond acceptors (Lipinski definition) is 4. The lowest BCUT2D eigenvalue weighted by molar-refractivity contribution is -0.275. The van der Waals surface area contributed by atoms with Crippen LogP contribution in [0.25, 0.3) is 0 Å². The van der Waals surface area contributed by atoms with E-state index in [1.54, 1.807) is 0 Å². The van der Waals surface area contributed by atoms with Crippen LogP contribution in [0.3, 0.4) is 0 Å². The second-order valence-corrected chi connectivity index (χ2v) is 2.96. The van der Waals surface area contributed by atoms with Crippen LogP contribution in [-0.2, 0) is 6.54 Å². The van der Waals surface area contributed by atoms with Crippen LogP contribution in [0.5, 0.6) is 5.75 Å². The second kappa shape index (κ2) is 4.70. The molecule has 4 nitrogen and oxygen atoms in total. The van der Waals surface area contributed by atoms with Gasteiger partial charge in [0.05, 0.1) is 5.69 Å². The zero-order valence-corrected chi connectivity index (χ0v) is 8.26. The molecular formula is C8H8F5N3O. The highest BCUT2D eigenvalue weighted by molar-refractivity contribution is 5.51. The van der Waals surface area contributed by atoms with Crippen LogP contribution in [-0.4, -0.2) is 11.3 Å². The van der Waals surface area contributed by atoms with Crippen LogP contribution in [0.1, 0.15) is 17.7 Å². The molecule has 0 aliphatic rings. The minimum atomic E-state index is -5.09. The summed E-state index contributed by atoms with van der Waals surface area (Å²) in [4.78, 5) is 3.43. The molecule has 0 aliphatic carbocycles. The Morgan fingerprint density at radius 1 is 1.35 bits per heavy atom. The summed E-state index contributed by atoms with van der Waals surface area (Å²) in [5, 5.41) is 0. The van der Waals surface area contributed by atoms with E-state index < -0.39 is 29.9 Å². The van der Waals surface area contributed by atoms with Gasteiger partial charge in [-0.25, -0.2) is 13.8 Å². The molecule has 1 heterocycles. The summed E-state index contributed by atoms with van der Waals surface area (Å²) >= 11 is 0. The number of alkyl halides is 5. The first kappa shape index (κ1) is 13.4. The molecule has 0 unspecified atom stereocenters. The van der Waals surface area contributed by atoms with Gasteiger partial charge in [-0.3, -0.25) is 0 Å². The highest BCUT2D eigenvalue weighted by Gasteiger charge is 2.34. The number of halogens is 5. The van der Waals surface area contributed by atoms with Crippen LogP contribution in [0.4, 0.5) is 27.8 Å². The molecule has 0 fully saturated rings. The number of ether oxygens (including phenoxy) is 1. The maximum absolute atomic E-state index is 12.5. The summed E-state index contributed by atoms with van der Waals surface area (Å²) in [6.07, 6.45) is -8.32. The predicted octanol–water partition coefficient (Wildman–Crippen LogP) is 1.96. The van der Waals surface area contributed by atoms with E-state index in [-0.39, 0.29) is 12.2 Å². The highest BCUT2D eigenvalue weighted by atomic mass is 19.4. The van der Waals surface area contributed by atoms with E-state index in [4.69, 9.17) is 11.5 Å². The number of hydrogen-bond donors (Lipinski definition) is 2. The van der Waals surface area contributed by atoms with E-state index >= 15 is 0 Å². The van der Waals surface area contributed by atoms with E-state index in [0.717, 1.165) is 0 Å². The summed E-state index contributed by atoms with van der Waals surface area (Å²) in [7, 11) is 0. The van der Waals surface area contributed by atoms with Gasteiger partial charge >= 0.3 is 6.36 Å². The normalized spacial score (nSPS) is 11.9. The minimum Gasteiger partial charge on any atom is -0.405 e. The maximum atomic E-state index is 12.5. The van der Waals surface area contributed by atoms with E-state index in [1.165, 1.54) is 0 Å². The fourth-order valence-electron chi connectivity index (χ4n) is 1.14. The number of nitrogens with zero attached hydrogens (tertiary/aromatic N) is 1. The Kier molecular flexibility index (Phi) is 3.71. The molecule has 0 saturated carbocycles. The largest absolute Gasteiger partial charge is 0.573 e. The maximum Gasteiger partial charge on any atom is 0.573 e. The van der Waals surface area contributed by atoms with Crippen molar-refractivity contribution < 1.29 is 26.7 Å². The third kappa shape index (κ3) is 3.41. The standard InChI is InChI=1S/C8H8F5N3O/c9-6(10)5-4(17-8(11,12)13)1-3(2-14)16-7(5)15/h1,6H,2,14H2,(H2,15,16). The van der Waals surface area contributed by atoms with Crippen LogP contribution in [0.15, 0.2) is 6.07 Å². The lowest BCUT2D eigenvalue weighted by Gasteiger charge is -2.15. The summed E-state index contributed by atoms with van der Waals surface area (Å²) in [5.74, 6) is -1.82. The van der Waals surface area contributed by atoms with E-state index in [1.807, 2.05) is 0 Å². The van der Waals surface area contributed by atoms with Crippen molar-refractivity contribution in [1.82, 2.24) is 4.98 Å². The average Bonchev–Trinajstić information content (AvgIpc) is 2.13. The first-order valence-electron chi connectivity index (χ1n) is 4.28. The highest BCUT2D eigenvalue weighted by Crippen LogP contribution is 2.36. The number of pyridine rings is 1. The molecule has 0 aliphatic heterocycles. The van der Waals surface area contributed by atoms with Gasteiger partial charge in [0, 0.05) is 12.6 Å². The molecule has 4 N–H and O–H groups in total. The number of nitrogens with two attached hydrogens (primary N) is 2. The molecule has 1 aromatic heterocycles. The van der Waals surface area contributed by atoms with Gasteiger partial charge in [-0.05, 0) is 0 Å². The number of aromatic nitrogens is 1. The zero-order valence-electron chi connectivity index (χ0n) is 8.26. The first-order chi connectivity index (χ1) is 7.74. The van der Waals surface area contributed by atoms with Gasteiger partial charge in [0.25, 0.3) is 6.43 Å². The van der Waals surface area contributed by atoms with Crippen molar-refractivity contribution in [2.24, 2.45) is 5.73 Å². The Morgan fingerprint density at radius 3 is 2.35 bits per heavy atom. The predicted molar refractivity (Wildman–Crippen MR) is 48.2 cm³/mol. The zero-order chi connectivity index (χ0) is 13.2. The molecule has 17 heavy (non-hydrogen) atoms. The van der Waals surface area contributed by atoms with Crippen LogP contribution < -0.4 is 16.2 Å². The summed E-state index contributed by atoms with van der Waals surface area (Å²) < 4.78 is 64.4. The van der Waals surface area contributed by atoms with Crippen molar-refractivity contribution in [3.63, 3.8) is 0 Å². The van der Waals surface area contributed by atoms with Gasteiger partial charge in [0.15, 0.2) is 0 Å². The molecule has 96 valence electrons. The molecule has 1 rings (SSSR count). The molecule has 0 spiro atoms. The molecule has 1 aromatic rings.